The van der Waals surface area contributed by atoms with Crippen LogP contribution in [0.3, 0.4) is 0 Å². The van der Waals surface area contributed by atoms with Crippen LogP contribution in [-0.4, -0.2) is 12.1 Å². The highest BCUT2D eigenvalue weighted by atomic mass is 32.1. The van der Waals surface area contributed by atoms with E-state index < -0.39 is 0 Å². The molecule has 1 aliphatic rings. The van der Waals surface area contributed by atoms with Gasteiger partial charge in [-0.2, -0.15) is 11.3 Å². The van der Waals surface area contributed by atoms with E-state index in [0.29, 0.717) is 11.8 Å². The van der Waals surface area contributed by atoms with Gasteiger partial charge >= 0.3 is 0 Å². The number of hydrogen-bond acceptors (Lipinski definition) is 6. The van der Waals surface area contributed by atoms with Crippen molar-refractivity contribution in [3.05, 3.63) is 145 Å². The maximum absolute atomic E-state index is 13.0. The SMILES string of the molecule is Cc1ccc(N(C(=C/N)/C=C2\Cc3sc(/C=C(/C=O)C(=O)c4cscc4C)cc3C2(C)C)c2ccc3ccccc3c2)cc1. The number of benzene rings is 3. The Labute approximate surface area is 266 Å². The van der Waals surface area contributed by atoms with Gasteiger partial charge < -0.3 is 10.6 Å². The summed E-state index contributed by atoms with van der Waals surface area (Å²) in [5, 5.41) is 6.09. The van der Waals surface area contributed by atoms with Crippen LogP contribution in [0.1, 0.15) is 50.7 Å². The number of Topliss-reactive ketones (excluding diaryl/α,β-unsaturated/α-hetero) is 1. The molecular formula is C38H34N2O2S2. The Balaban J connectivity index is 1.35. The van der Waals surface area contributed by atoms with Crippen LogP contribution in [0.2, 0.25) is 0 Å². The average Bonchev–Trinajstić information content (AvgIpc) is 3.70. The van der Waals surface area contributed by atoms with Crippen molar-refractivity contribution >= 4 is 63.0 Å². The quantitative estimate of drug-likeness (QED) is 0.0622. The fourth-order valence-electron chi connectivity index (χ4n) is 5.86. The number of carbonyl (C=O) groups is 2. The molecule has 0 aliphatic heterocycles. The van der Waals surface area contributed by atoms with Gasteiger partial charge in [0.25, 0.3) is 0 Å². The molecular weight excluding hydrogens is 581 g/mol. The van der Waals surface area contributed by atoms with Gasteiger partial charge in [0.2, 0.25) is 0 Å². The second-order valence-electron chi connectivity index (χ2n) is 11.8. The summed E-state index contributed by atoms with van der Waals surface area (Å²) in [7, 11) is 0. The molecule has 0 unspecified atom stereocenters. The summed E-state index contributed by atoms with van der Waals surface area (Å²) in [5.74, 6) is -0.227. The molecule has 2 heterocycles. The lowest BCUT2D eigenvalue weighted by Gasteiger charge is -2.29. The van der Waals surface area contributed by atoms with Crippen molar-refractivity contribution in [1.29, 1.82) is 0 Å². The van der Waals surface area contributed by atoms with Crippen molar-refractivity contribution < 1.29 is 9.59 Å². The summed E-state index contributed by atoms with van der Waals surface area (Å²) in [6.45, 7) is 8.44. The fourth-order valence-corrected chi connectivity index (χ4v) is 7.98. The zero-order chi connectivity index (χ0) is 31.0. The smallest absolute Gasteiger partial charge is 0.197 e. The number of hydrogen-bond donors (Lipinski definition) is 1. The van der Waals surface area contributed by atoms with Crippen molar-refractivity contribution in [3.8, 4) is 0 Å². The van der Waals surface area contributed by atoms with E-state index >= 15 is 0 Å². The van der Waals surface area contributed by atoms with E-state index in [1.807, 2.05) is 17.7 Å². The summed E-state index contributed by atoms with van der Waals surface area (Å²) in [5.41, 5.74) is 14.4. The maximum atomic E-state index is 13.0. The lowest BCUT2D eigenvalue weighted by molar-refractivity contribution is -0.104. The predicted octanol–water partition coefficient (Wildman–Crippen LogP) is 9.44. The Bertz CT molecular complexity index is 1990. The molecule has 6 heteroatoms. The van der Waals surface area contributed by atoms with Crippen LogP contribution in [0.5, 0.6) is 0 Å². The third-order valence-electron chi connectivity index (χ3n) is 8.48. The molecule has 0 bridgehead atoms. The van der Waals surface area contributed by atoms with Gasteiger partial charge in [-0.15, -0.1) is 11.3 Å². The maximum Gasteiger partial charge on any atom is 0.197 e. The zero-order valence-electron chi connectivity index (χ0n) is 25.3. The van der Waals surface area contributed by atoms with Crippen molar-refractivity contribution in [3.63, 3.8) is 0 Å². The number of nitrogens with zero attached hydrogens (tertiary/aromatic N) is 1. The Morgan fingerprint density at radius 2 is 1.66 bits per heavy atom. The van der Waals surface area contributed by atoms with Gasteiger partial charge in [-0.25, -0.2) is 0 Å². The van der Waals surface area contributed by atoms with Gasteiger partial charge in [-0.1, -0.05) is 67.4 Å². The number of anilines is 2. The molecule has 0 radical (unpaired) electrons. The normalized spacial score (nSPS) is 15.5. The Morgan fingerprint density at radius 1 is 0.932 bits per heavy atom. The number of ketones is 1. The third kappa shape index (κ3) is 5.47. The molecule has 220 valence electrons. The van der Waals surface area contributed by atoms with E-state index in [4.69, 9.17) is 5.73 Å². The highest BCUT2D eigenvalue weighted by Gasteiger charge is 2.37. The summed E-state index contributed by atoms with van der Waals surface area (Å²) in [4.78, 5) is 29.3. The molecule has 0 spiro atoms. The molecule has 44 heavy (non-hydrogen) atoms. The first-order valence-electron chi connectivity index (χ1n) is 14.6. The van der Waals surface area contributed by atoms with Crippen LogP contribution in [0.4, 0.5) is 11.4 Å². The summed E-state index contributed by atoms with van der Waals surface area (Å²) in [6.07, 6.45) is 7.08. The van der Waals surface area contributed by atoms with E-state index in [-0.39, 0.29) is 16.8 Å². The van der Waals surface area contributed by atoms with Crippen molar-refractivity contribution in [1.82, 2.24) is 0 Å². The first-order valence-corrected chi connectivity index (χ1v) is 16.3. The van der Waals surface area contributed by atoms with Crippen LogP contribution in [-0.2, 0) is 16.6 Å². The van der Waals surface area contributed by atoms with Gasteiger partial charge in [0.05, 0.1) is 11.3 Å². The standard InChI is InChI=1S/C38H34N2O2S2/c1-24-9-12-30(13-10-24)40(31-14-11-26-7-5-6-8-27(26)15-31)32(20-39)17-29-18-36-35(38(29,3)4)19-33(44-36)16-28(21-41)37(42)34-23-43-22-25(34)2/h5-17,19-23H,18,39H2,1-4H3/b28-16-,29-17+,32-20+. The minimum Gasteiger partial charge on any atom is -0.403 e. The van der Waals surface area contributed by atoms with Crippen LogP contribution in [0.15, 0.2) is 113 Å². The first-order chi connectivity index (χ1) is 21.2. The molecule has 0 saturated carbocycles. The minimum absolute atomic E-state index is 0.178. The molecule has 0 saturated heterocycles. The van der Waals surface area contributed by atoms with Gasteiger partial charge in [0.1, 0.15) is 0 Å². The average molecular weight is 615 g/mol. The Kier molecular flexibility index (Phi) is 7.97. The Hall–Kier alpha value is -4.52. The number of carbonyl (C=O) groups excluding carboxylic acids is 2. The molecule has 2 aromatic heterocycles. The molecule has 5 aromatic rings. The number of thiophene rings is 2. The van der Waals surface area contributed by atoms with Gasteiger partial charge in [-0.05, 0) is 83.6 Å². The number of aryl methyl sites for hydroxylation is 2. The summed E-state index contributed by atoms with van der Waals surface area (Å²) >= 11 is 3.11. The second-order valence-corrected chi connectivity index (χ2v) is 13.7. The van der Waals surface area contributed by atoms with E-state index in [1.54, 1.807) is 23.6 Å². The van der Waals surface area contributed by atoms with Crippen molar-refractivity contribution in [2.75, 3.05) is 4.90 Å². The van der Waals surface area contributed by atoms with Crippen molar-refractivity contribution in [2.45, 2.75) is 39.5 Å². The number of allylic oxidation sites excluding steroid dienone is 3. The molecule has 0 amide bonds. The van der Waals surface area contributed by atoms with E-state index in [1.165, 1.54) is 38.3 Å². The lowest BCUT2D eigenvalue weighted by Crippen LogP contribution is -2.20. The van der Waals surface area contributed by atoms with E-state index in [2.05, 4.69) is 105 Å². The molecule has 3 aromatic carbocycles. The molecule has 0 fully saturated rings. The number of rotatable bonds is 8. The monoisotopic (exact) mass is 614 g/mol. The fraction of sp³-hybridized carbons (Fsp3) is 0.158. The molecule has 0 atom stereocenters. The lowest BCUT2D eigenvalue weighted by atomic mass is 9.82. The Morgan fingerprint density at radius 3 is 2.32 bits per heavy atom. The van der Waals surface area contributed by atoms with E-state index in [9.17, 15) is 9.59 Å². The first kappa shape index (κ1) is 29.5. The number of nitrogens with two attached hydrogens (primary N) is 1. The molecule has 1 aliphatic carbocycles. The van der Waals surface area contributed by atoms with Crippen LogP contribution in [0, 0.1) is 13.8 Å². The highest BCUT2D eigenvalue weighted by molar-refractivity contribution is 7.13. The van der Waals surface area contributed by atoms with Gasteiger partial charge in [0.15, 0.2) is 12.1 Å². The summed E-state index contributed by atoms with van der Waals surface area (Å²) < 4.78 is 0. The number of aldehydes is 1. The molecule has 4 nitrogen and oxygen atoms in total. The topological polar surface area (TPSA) is 63.4 Å². The second kappa shape index (κ2) is 11.9. The zero-order valence-corrected chi connectivity index (χ0v) is 26.9. The predicted molar refractivity (Wildman–Crippen MR) is 186 cm³/mol. The molecule has 6 rings (SSSR count). The van der Waals surface area contributed by atoms with Crippen LogP contribution >= 0.6 is 22.7 Å². The number of fused-ring (bicyclic) bond motifs is 2. The van der Waals surface area contributed by atoms with Crippen molar-refractivity contribution in [2.24, 2.45) is 5.73 Å². The van der Waals surface area contributed by atoms with Gasteiger partial charge in [-0.3, -0.25) is 9.59 Å². The van der Waals surface area contributed by atoms with Gasteiger partial charge in [0, 0.05) is 50.1 Å². The third-order valence-corrected chi connectivity index (χ3v) is 10.4. The summed E-state index contributed by atoms with van der Waals surface area (Å²) in [6, 6.07) is 25.5. The van der Waals surface area contributed by atoms with Crippen LogP contribution < -0.4 is 10.6 Å². The van der Waals surface area contributed by atoms with E-state index in [0.717, 1.165) is 39.3 Å². The van der Waals surface area contributed by atoms with Crippen LogP contribution in [0.25, 0.3) is 16.8 Å². The minimum atomic E-state index is -0.260. The molecule has 2 N–H and O–H groups in total. The highest BCUT2D eigenvalue weighted by Crippen LogP contribution is 2.48. The largest absolute Gasteiger partial charge is 0.403 e.